The Morgan fingerprint density at radius 3 is 2.96 bits per heavy atom. The van der Waals surface area contributed by atoms with Gasteiger partial charge in [-0.2, -0.15) is 0 Å². The van der Waals surface area contributed by atoms with Gasteiger partial charge in [-0.3, -0.25) is 0 Å². The molecular weight excluding hydrogens is 299 g/mol. The van der Waals surface area contributed by atoms with Crippen LogP contribution < -0.4 is 5.32 Å². The van der Waals surface area contributed by atoms with Crippen molar-refractivity contribution < 1.29 is 14.3 Å². The third-order valence-electron chi connectivity index (χ3n) is 4.26. The minimum Gasteiger partial charge on any atom is -0.476 e. The Morgan fingerprint density at radius 2 is 2.22 bits per heavy atom. The summed E-state index contributed by atoms with van der Waals surface area (Å²) < 4.78 is 14.9. The van der Waals surface area contributed by atoms with Gasteiger partial charge in [0.2, 0.25) is 0 Å². The summed E-state index contributed by atoms with van der Waals surface area (Å²) in [5.74, 6) is -1.32. The van der Waals surface area contributed by atoms with E-state index >= 15 is 0 Å². The van der Waals surface area contributed by atoms with Crippen molar-refractivity contribution in [2.24, 2.45) is 0 Å². The SMILES string of the molecule is O=C(O)c1cn([C@@H]2CCCC[C@@H]2NCc2cccc(F)c2)nn1. The van der Waals surface area contributed by atoms with Crippen LogP contribution in [0.3, 0.4) is 0 Å². The monoisotopic (exact) mass is 318 g/mol. The standard InChI is InChI=1S/C16H19FN4O2/c17-12-5-3-4-11(8-12)9-18-13-6-1-2-7-15(13)21-10-14(16(22)23)19-20-21/h3-5,8,10,13,15,18H,1-2,6-7,9H2,(H,22,23)/t13-,15+/m0/s1. The number of nitrogens with zero attached hydrogens (tertiary/aromatic N) is 3. The molecule has 0 aliphatic heterocycles. The Morgan fingerprint density at radius 1 is 1.39 bits per heavy atom. The van der Waals surface area contributed by atoms with Gasteiger partial charge in [-0.05, 0) is 30.5 Å². The number of hydrogen-bond acceptors (Lipinski definition) is 4. The van der Waals surface area contributed by atoms with Crippen LogP contribution in [0.4, 0.5) is 4.39 Å². The van der Waals surface area contributed by atoms with E-state index in [0.29, 0.717) is 6.54 Å². The first kappa shape index (κ1) is 15.6. The van der Waals surface area contributed by atoms with Gasteiger partial charge in [0.15, 0.2) is 5.69 Å². The molecule has 1 saturated carbocycles. The van der Waals surface area contributed by atoms with Crippen LogP contribution in [0.15, 0.2) is 30.5 Å². The van der Waals surface area contributed by atoms with E-state index in [1.807, 2.05) is 6.07 Å². The van der Waals surface area contributed by atoms with Crippen LogP contribution in [0.2, 0.25) is 0 Å². The van der Waals surface area contributed by atoms with Crippen LogP contribution in [0.5, 0.6) is 0 Å². The maximum absolute atomic E-state index is 13.2. The molecule has 0 bridgehead atoms. The molecule has 2 atom stereocenters. The molecule has 2 aromatic rings. The molecular formula is C16H19FN4O2. The van der Waals surface area contributed by atoms with Crippen molar-refractivity contribution in [3.8, 4) is 0 Å². The number of benzene rings is 1. The predicted molar refractivity (Wildman–Crippen MR) is 81.5 cm³/mol. The van der Waals surface area contributed by atoms with E-state index in [4.69, 9.17) is 5.11 Å². The van der Waals surface area contributed by atoms with Crippen molar-refractivity contribution in [3.05, 3.63) is 47.5 Å². The molecule has 2 N–H and O–H groups in total. The molecule has 3 rings (SSSR count). The maximum atomic E-state index is 13.2. The molecule has 0 amide bonds. The molecule has 1 fully saturated rings. The zero-order valence-corrected chi connectivity index (χ0v) is 12.7. The van der Waals surface area contributed by atoms with Gasteiger partial charge >= 0.3 is 5.97 Å². The molecule has 7 heteroatoms. The van der Waals surface area contributed by atoms with Gasteiger partial charge in [0.1, 0.15) is 5.82 Å². The molecule has 0 saturated heterocycles. The Bertz CT molecular complexity index is 688. The summed E-state index contributed by atoms with van der Waals surface area (Å²) in [5.41, 5.74) is 0.846. The Hall–Kier alpha value is -2.28. The van der Waals surface area contributed by atoms with E-state index in [1.54, 1.807) is 10.7 Å². The average Bonchev–Trinajstić information content (AvgIpc) is 3.03. The lowest BCUT2D eigenvalue weighted by atomic mass is 9.90. The van der Waals surface area contributed by atoms with Crippen LogP contribution in [-0.4, -0.2) is 32.1 Å². The van der Waals surface area contributed by atoms with E-state index in [0.717, 1.165) is 31.2 Å². The molecule has 0 radical (unpaired) electrons. The van der Waals surface area contributed by atoms with E-state index in [9.17, 15) is 9.18 Å². The Kier molecular flexibility index (Phi) is 4.66. The number of carboxylic acid groups (broad SMARTS) is 1. The summed E-state index contributed by atoms with van der Waals surface area (Å²) in [6.45, 7) is 0.569. The highest BCUT2D eigenvalue weighted by molar-refractivity contribution is 5.84. The third-order valence-corrected chi connectivity index (χ3v) is 4.26. The lowest BCUT2D eigenvalue weighted by molar-refractivity contribution is 0.0690. The minimum absolute atomic E-state index is 0.0422. The predicted octanol–water partition coefficient (Wildman–Crippen LogP) is 2.39. The van der Waals surface area contributed by atoms with E-state index in [1.165, 1.54) is 18.3 Å². The first-order valence-electron chi connectivity index (χ1n) is 7.76. The average molecular weight is 318 g/mol. The number of aromatic nitrogens is 3. The molecule has 1 aromatic heterocycles. The zero-order chi connectivity index (χ0) is 16.2. The molecule has 1 aromatic carbocycles. The first-order valence-corrected chi connectivity index (χ1v) is 7.76. The molecule has 1 aliphatic rings. The Labute approximate surface area is 133 Å². The van der Waals surface area contributed by atoms with Crippen molar-refractivity contribution in [1.29, 1.82) is 0 Å². The molecule has 0 unspecified atom stereocenters. The number of aromatic carboxylic acids is 1. The van der Waals surface area contributed by atoms with Crippen molar-refractivity contribution >= 4 is 5.97 Å². The number of carbonyl (C=O) groups is 1. The molecule has 6 nitrogen and oxygen atoms in total. The van der Waals surface area contributed by atoms with Crippen LogP contribution in [0, 0.1) is 5.82 Å². The zero-order valence-electron chi connectivity index (χ0n) is 12.7. The summed E-state index contributed by atoms with van der Waals surface area (Å²) in [5, 5.41) is 20.1. The minimum atomic E-state index is -1.07. The van der Waals surface area contributed by atoms with Gasteiger partial charge in [0.25, 0.3) is 0 Å². The second-order valence-electron chi connectivity index (χ2n) is 5.86. The molecule has 1 aliphatic carbocycles. The van der Waals surface area contributed by atoms with Gasteiger partial charge < -0.3 is 10.4 Å². The second-order valence-corrected chi connectivity index (χ2v) is 5.86. The van der Waals surface area contributed by atoms with Crippen LogP contribution in [0.1, 0.15) is 47.8 Å². The highest BCUT2D eigenvalue weighted by atomic mass is 19.1. The third kappa shape index (κ3) is 3.73. The quantitative estimate of drug-likeness (QED) is 0.885. The largest absolute Gasteiger partial charge is 0.476 e. The highest BCUT2D eigenvalue weighted by Gasteiger charge is 2.27. The van der Waals surface area contributed by atoms with Gasteiger partial charge in [0.05, 0.1) is 12.2 Å². The summed E-state index contributed by atoms with van der Waals surface area (Å²) in [7, 11) is 0. The highest BCUT2D eigenvalue weighted by Crippen LogP contribution is 2.28. The van der Waals surface area contributed by atoms with Crippen LogP contribution >= 0.6 is 0 Å². The number of carboxylic acids is 1. The van der Waals surface area contributed by atoms with Crippen LogP contribution in [-0.2, 0) is 6.54 Å². The smallest absolute Gasteiger partial charge is 0.358 e. The van der Waals surface area contributed by atoms with Crippen LogP contribution in [0.25, 0.3) is 0 Å². The summed E-state index contributed by atoms with van der Waals surface area (Å²) in [4.78, 5) is 11.0. The van der Waals surface area contributed by atoms with Crippen molar-refractivity contribution in [2.45, 2.75) is 44.3 Å². The van der Waals surface area contributed by atoms with Gasteiger partial charge in [-0.25, -0.2) is 13.9 Å². The van der Waals surface area contributed by atoms with Gasteiger partial charge in [0, 0.05) is 12.6 Å². The number of rotatable bonds is 5. The number of nitrogens with one attached hydrogen (secondary N) is 1. The number of hydrogen-bond donors (Lipinski definition) is 2. The van der Waals surface area contributed by atoms with Gasteiger partial charge in [-0.1, -0.05) is 30.2 Å². The van der Waals surface area contributed by atoms with Crippen molar-refractivity contribution in [3.63, 3.8) is 0 Å². The Balaban J connectivity index is 1.69. The topological polar surface area (TPSA) is 80.0 Å². The molecule has 23 heavy (non-hydrogen) atoms. The fraction of sp³-hybridized carbons (Fsp3) is 0.438. The summed E-state index contributed by atoms with van der Waals surface area (Å²) in [6, 6.07) is 6.75. The lowest BCUT2D eigenvalue weighted by Gasteiger charge is -2.32. The maximum Gasteiger partial charge on any atom is 0.358 e. The molecule has 0 spiro atoms. The van der Waals surface area contributed by atoms with Crippen molar-refractivity contribution in [1.82, 2.24) is 20.3 Å². The lowest BCUT2D eigenvalue weighted by Crippen LogP contribution is -2.39. The molecule has 1 heterocycles. The summed E-state index contributed by atoms with van der Waals surface area (Å²) in [6.07, 6.45) is 5.56. The van der Waals surface area contributed by atoms with Crippen molar-refractivity contribution in [2.75, 3.05) is 0 Å². The van der Waals surface area contributed by atoms with E-state index in [2.05, 4.69) is 15.6 Å². The first-order chi connectivity index (χ1) is 11.1. The molecule has 122 valence electrons. The summed E-state index contributed by atoms with van der Waals surface area (Å²) >= 11 is 0. The fourth-order valence-electron chi connectivity index (χ4n) is 3.10. The fourth-order valence-corrected chi connectivity index (χ4v) is 3.10. The second kappa shape index (κ2) is 6.87. The van der Waals surface area contributed by atoms with Gasteiger partial charge in [-0.15, -0.1) is 5.10 Å². The normalized spacial score (nSPS) is 21.3. The van der Waals surface area contributed by atoms with E-state index < -0.39 is 5.97 Å². The number of halogens is 1. The van der Waals surface area contributed by atoms with E-state index in [-0.39, 0.29) is 23.6 Å².